The van der Waals surface area contributed by atoms with Crippen LogP contribution in [-0.4, -0.2) is 34.2 Å². The lowest BCUT2D eigenvalue weighted by Gasteiger charge is -2.03. The zero-order chi connectivity index (χ0) is 19.6. The monoisotopic (exact) mass is 369 g/mol. The average Bonchev–Trinajstić information content (AvgIpc) is 2.93. The maximum absolute atomic E-state index is 13.7. The lowest BCUT2D eigenvalue weighted by Crippen LogP contribution is -2.17. The average molecular weight is 369 g/mol. The summed E-state index contributed by atoms with van der Waals surface area (Å²) in [6, 6.07) is 10.6. The Balaban J connectivity index is 2.01. The summed E-state index contributed by atoms with van der Waals surface area (Å²) in [7, 11) is 1.55. The summed E-state index contributed by atoms with van der Waals surface area (Å²) in [4.78, 5) is 27.9. The van der Waals surface area contributed by atoms with Crippen molar-refractivity contribution in [3.8, 4) is 11.4 Å². The summed E-state index contributed by atoms with van der Waals surface area (Å²) in [5, 5.41) is 12.1. The van der Waals surface area contributed by atoms with Crippen LogP contribution in [0.4, 0.5) is 10.1 Å². The molecule has 2 aromatic carbocycles. The van der Waals surface area contributed by atoms with Crippen LogP contribution in [0, 0.1) is 12.7 Å². The second-order valence-electron chi connectivity index (χ2n) is 5.69. The highest BCUT2D eigenvalue weighted by atomic mass is 19.1. The number of H-pyrrole nitrogens is 1. The SMILES string of the molecule is COc1ccc(-n2[nH]c(C)c(C=Nc3cccc(F)c3C(=O)O)c2=O)cc1. The van der Waals surface area contributed by atoms with Gasteiger partial charge in [0.15, 0.2) is 0 Å². The lowest BCUT2D eigenvalue weighted by atomic mass is 10.1. The minimum absolute atomic E-state index is 0.0708. The van der Waals surface area contributed by atoms with Crippen molar-refractivity contribution in [3.63, 3.8) is 0 Å². The summed E-state index contributed by atoms with van der Waals surface area (Å²) >= 11 is 0. The van der Waals surface area contributed by atoms with Crippen molar-refractivity contribution < 1.29 is 19.0 Å². The Labute approximate surface area is 153 Å². The number of aromatic carboxylic acids is 1. The van der Waals surface area contributed by atoms with Crippen LogP contribution in [0.15, 0.2) is 52.3 Å². The summed E-state index contributed by atoms with van der Waals surface area (Å²) in [5.41, 5.74) is 0.394. The van der Waals surface area contributed by atoms with Gasteiger partial charge in [0.25, 0.3) is 5.56 Å². The molecule has 2 N–H and O–H groups in total. The fourth-order valence-corrected chi connectivity index (χ4v) is 2.59. The molecule has 0 saturated heterocycles. The van der Waals surface area contributed by atoms with Gasteiger partial charge in [0.1, 0.15) is 17.1 Å². The van der Waals surface area contributed by atoms with Gasteiger partial charge in [-0.3, -0.25) is 14.9 Å². The molecule has 1 aromatic heterocycles. The van der Waals surface area contributed by atoms with E-state index in [-0.39, 0.29) is 16.8 Å². The lowest BCUT2D eigenvalue weighted by molar-refractivity contribution is 0.0693. The first-order valence-electron chi connectivity index (χ1n) is 7.94. The molecule has 1 heterocycles. The molecule has 7 nitrogen and oxygen atoms in total. The number of carbonyl (C=O) groups is 1. The molecule has 3 rings (SSSR count). The molecule has 0 unspecified atom stereocenters. The maximum Gasteiger partial charge on any atom is 0.340 e. The van der Waals surface area contributed by atoms with Crippen LogP contribution in [0.25, 0.3) is 5.69 Å². The minimum Gasteiger partial charge on any atom is -0.497 e. The number of carboxylic acids is 1. The van der Waals surface area contributed by atoms with Gasteiger partial charge in [-0.25, -0.2) is 13.9 Å². The highest BCUT2D eigenvalue weighted by molar-refractivity contribution is 5.95. The van der Waals surface area contributed by atoms with Crippen LogP contribution in [0.1, 0.15) is 21.6 Å². The number of rotatable bonds is 5. The fourth-order valence-electron chi connectivity index (χ4n) is 2.59. The fraction of sp³-hybridized carbons (Fsp3) is 0.105. The second-order valence-corrected chi connectivity index (χ2v) is 5.69. The Morgan fingerprint density at radius 3 is 2.59 bits per heavy atom. The number of aromatic amines is 1. The first kappa shape index (κ1) is 18.1. The van der Waals surface area contributed by atoms with Gasteiger partial charge in [-0.15, -0.1) is 0 Å². The van der Waals surface area contributed by atoms with Crippen LogP contribution in [-0.2, 0) is 0 Å². The first-order valence-corrected chi connectivity index (χ1v) is 7.94. The van der Waals surface area contributed by atoms with Crippen molar-refractivity contribution in [1.29, 1.82) is 0 Å². The van der Waals surface area contributed by atoms with E-state index in [0.29, 0.717) is 17.1 Å². The second kappa shape index (κ2) is 7.28. The molecule has 0 aliphatic rings. The molecule has 0 bridgehead atoms. The van der Waals surface area contributed by atoms with Crippen LogP contribution < -0.4 is 10.3 Å². The van der Waals surface area contributed by atoms with Gasteiger partial charge in [0.05, 0.1) is 24.0 Å². The van der Waals surface area contributed by atoms with Crippen LogP contribution >= 0.6 is 0 Å². The van der Waals surface area contributed by atoms with Gasteiger partial charge in [0, 0.05) is 11.9 Å². The Morgan fingerprint density at radius 1 is 1.26 bits per heavy atom. The number of nitrogens with one attached hydrogen (secondary N) is 1. The molecule has 0 atom stereocenters. The normalized spacial score (nSPS) is 11.1. The number of aryl methyl sites for hydroxylation is 1. The van der Waals surface area contributed by atoms with Crippen LogP contribution in [0.2, 0.25) is 0 Å². The molecule has 0 aliphatic carbocycles. The van der Waals surface area contributed by atoms with Gasteiger partial charge in [-0.05, 0) is 43.3 Å². The van der Waals surface area contributed by atoms with E-state index in [1.54, 1.807) is 38.3 Å². The predicted molar refractivity (Wildman–Crippen MR) is 98.3 cm³/mol. The van der Waals surface area contributed by atoms with E-state index in [9.17, 15) is 14.0 Å². The van der Waals surface area contributed by atoms with Gasteiger partial charge in [-0.2, -0.15) is 0 Å². The van der Waals surface area contributed by atoms with Crippen LogP contribution in [0.3, 0.4) is 0 Å². The third kappa shape index (κ3) is 3.50. The minimum atomic E-state index is -1.43. The summed E-state index contributed by atoms with van der Waals surface area (Å²) < 4.78 is 20.2. The van der Waals surface area contributed by atoms with Gasteiger partial charge < -0.3 is 9.84 Å². The van der Waals surface area contributed by atoms with E-state index in [1.807, 2.05) is 0 Å². The van der Waals surface area contributed by atoms with E-state index in [0.717, 1.165) is 6.07 Å². The Kier molecular flexibility index (Phi) is 4.89. The third-order valence-electron chi connectivity index (χ3n) is 3.99. The summed E-state index contributed by atoms with van der Waals surface area (Å²) in [6.07, 6.45) is 1.23. The molecule has 8 heteroatoms. The molecule has 0 amide bonds. The zero-order valence-electron chi connectivity index (χ0n) is 14.6. The number of carboxylic acid groups (broad SMARTS) is 1. The smallest absolute Gasteiger partial charge is 0.340 e. The van der Waals surface area contributed by atoms with Crippen LogP contribution in [0.5, 0.6) is 5.75 Å². The molecule has 3 aromatic rings. The molecular weight excluding hydrogens is 353 g/mol. The number of aliphatic imine (C=N–C) groups is 1. The summed E-state index contributed by atoms with van der Waals surface area (Å²) in [6.45, 7) is 1.69. The number of aromatic nitrogens is 2. The van der Waals surface area contributed by atoms with Gasteiger partial charge >= 0.3 is 5.97 Å². The van der Waals surface area contributed by atoms with Crippen molar-refractivity contribution >= 4 is 17.9 Å². The number of methoxy groups -OCH3 is 1. The van der Waals surface area contributed by atoms with E-state index < -0.39 is 17.3 Å². The van der Waals surface area contributed by atoms with Crippen molar-refractivity contribution in [3.05, 3.63) is 75.5 Å². The predicted octanol–water partition coefficient (Wildman–Crippen LogP) is 3.07. The van der Waals surface area contributed by atoms with Crippen molar-refractivity contribution in [2.24, 2.45) is 4.99 Å². The highest BCUT2D eigenvalue weighted by Gasteiger charge is 2.16. The number of halogens is 1. The van der Waals surface area contributed by atoms with E-state index in [2.05, 4.69) is 10.1 Å². The molecule has 27 heavy (non-hydrogen) atoms. The largest absolute Gasteiger partial charge is 0.497 e. The molecule has 0 saturated carbocycles. The quantitative estimate of drug-likeness (QED) is 0.676. The molecule has 138 valence electrons. The van der Waals surface area contributed by atoms with Crippen molar-refractivity contribution in [1.82, 2.24) is 9.78 Å². The van der Waals surface area contributed by atoms with E-state index >= 15 is 0 Å². The maximum atomic E-state index is 13.7. The number of hydrogen-bond acceptors (Lipinski definition) is 4. The van der Waals surface area contributed by atoms with Crippen molar-refractivity contribution in [2.45, 2.75) is 6.92 Å². The zero-order valence-corrected chi connectivity index (χ0v) is 14.6. The molecule has 0 radical (unpaired) electrons. The van der Waals surface area contributed by atoms with Crippen molar-refractivity contribution in [2.75, 3.05) is 7.11 Å². The highest BCUT2D eigenvalue weighted by Crippen LogP contribution is 2.22. The number of ether oxygens (including phenoxy) is 1. The number of nitrogens with zero attached hydrogens (tertiary/aromatic N) is 2. The molecule has 0 aliphatic heterocycles. The summed E-state index contributed by atoms with van der Waals surface area (Å²) in [5.74, 6) is -1.66. The standard InChI is InChI=1S/C19H16FN3O4/c1-11-14(10-21-16-5-3-4-15(20)17(16)19(25)26)18(24)23(22-11)12-6-8-13(27-2)9-7-12/h3-10,22H,1-2H3,(H,25,26). The Bertz CT molecular complexity index is 1080. The Morgan fingerprint density at radius 2 is 1.96 bits per heavy atom. The number of benzene rings is 2. The number of hydrogen-bond donors (Lipinski definition) is 2. The molecular formula is C19H16FN3O4. The van der Waals surface area contributed by atoms with E-state index in [4.69, 9.17) is 9.84 Å². The molecule has 0 fully saturated rings. The topological polar surface area (TPSA) is 96.7 Å². The first-order chi connectivity index (χ1) is 12.9. The molecule has 0 spiro atoms. The Hall–Kier alpha value is -3.68. The van der Waals surface area contributed by atoms with Gasteiger partial charge in [-0.1, -0.05) is 6.07 Å². The third-order valence-corrected chi connectivity index (χ3v) is 3.99. The van der Waals surface area contributed by atoms with E-state index in [1.165, 1.54) is 23.0 Å². The van der Waals surface area contributed by atoms with Gasteiger partial charge in [0.2, 0.25) is 0 Å².